The van der Waals surface area contributed by atoms with E-state index in [9.17, 15) is 0 Å². The number of para-hydroxylation sites is 1. The van der Waals surface area contributed by atoms with Crippen LogP contribution in [0.4, 0.5) is 5.69 Å². The first kappa shape index (κ1) is 14.0. The van der Waals surface area contributed by atoms with Gasteiger partial charge < -0.3 is 5.73 Å². The summed E-state index contributed by atoms with van der Waals surface area (Å²) in [5.74, 6) is 0.552. The van der Waals surface area contributed by atoms with Crippen LogP contribution in [0.15, 0.2) is 40.9 Å². The number of tetrazole rings is 1. The summed E-state index contributed by atoms with van der Waals surface area (Å²) in [4.78, 5) is 0. The first-order valence-electron chi connectivity index (χ1n) is 6.17. The van der Waals surface area contributed by atoms with Gasteiger partial charge in [0.25, 0.3) is 0 Å². The standard InChI is InChI=1S/C14H11BrClN5/c1-8-3-2-4-10(13(8)17)14-18-19-20-21(14)12-7-9(15)5-6-11(12)16/h2-7H,17H2,1H3. The van der Waals surface area contributed by atoms with Gasteiger partial charge in [-0.15, -0.1) is 5.10 Å². The van der Waals surface area contributed by atoms with Gasteiger partial charge in [-0.2, -0.15) is 4.68 Å². The van der Waals surface area contributed by atoms with Crippen molar-refractivity contribution in [3.05, 3.63) is 51.5 Å². The molecule has 0 fully saturated rings. The zero-order valence-corrected chi connectivity index (χ0v) is 13.4. The van der Waals surface area contributed by atoms with Crippen LogP contribution in [-0.4, -0.2) is 20.2 Å². The van der Waals surface area contributed by atoms with E-state index in [1.54, 1.807) is 10.7 Å². The van der Waals surface area contributed by atoms with Crippen LogP contribution in [0.3, 0.4) is 0 Å². The Bertz CT molecular complexity index is 798. The Hall–Kier alpha value is -1.92. The number of nitrogens with two attached hydrogens (primary N) is 1. The van der Waals surface area contributed by atoms with E-state index in [0.717, 1.165) is 15.6 Å². The smallest absolute Gasteiger partial charge is 0.189 e. The van der Waals surface area contributed by atoms with Crippen LogP contribution >= 0.6 is 27.5 Å². The highest BCUT2D eigenvalue weighted by atomic mass is 79.9. The van der Waals surface area contributed by atoms with Gasteiger partial charge in [-0.1, -0.05) is 39.7 Å². The van der Waals surface area contributed by atoms with Gasteiger partial charge in [-0.25, -0.2) is 0 Å². The van der Waals surface area contributed by atoms with E-state index in [-0.39, 0.29) is 0 Å². The van der Waals surface area contributed by atoms with Gasteiger partial charge in [0.15, 0.2) is 5.82 Å². The lowest BCUT2D eigenvalue weighted by atomic mass is 10.1. The molecular formula is C14H11BrClN5. The van der Waals surface area contributed by atoms with Crippen LogP contribution in [-0.2, 0) is 0 Å². The number of anilines is 1. The molecule has 3 aromatic rings. The van der Waals surface area contributed by atoms with Crippen molar-refractivity contribution in [3.63, 3.8) is 0 Å². The van der Waals surface area contributed by atoms with Gasteiger partial charge in [-0.3, -0.25) is 0 Å². The molecule has 0 aliphatic heterocycles. The van der Waals surface area contributed by atoms with Gasteiger partial charge in [0.1, 0.15) is 0 Å². The van der Waals surface area contributed by atoms with Crippen molar-refractivity contribution in [1.29, 1.82) is 0 Å². The minimum Gasteiger partial charge on any atom is -0.398 e. The van der Waals surface area contributed by atoms with E-state index in [0.29, 0.717) is 22.2 Å². The lowest BCUT2D eigenvalue weighted by Crippen LogP contribution is -2.03. The van der Waals surface area contributed by atoms with E-state index in [2.05, 4.69) is 31.5 Å². The van der Waals surface area contributed by atoms with Crippen molar-refractivity contribution >= 4 is 33.2 Å². The molecule has 0 bridgehead atoms. The molecule has 0 unspecified atom stereocenters. The molecule has 3 rings (SSSR count). The summed E-state index contributed by atoms with van der Waals surface area (Å²) in [5, 5.41) is 12.4. The summed E-state index contributed by atoms with van der Waals surface area (Å²) < 4.78 is 2.47. The molecule has 0 saturated carbocycles. The molecule has 0 saturated heterocycles. The fourth-order valence-electron chi connectivity index (χ4n) is 2.04. The number of aromatic nitrogens is 4. The molecule has 21 heavy (non-hydrogen) atoms. The molecule has 2 N–H and O–H groups in total. The number of hydrogen-bond acceptors (Lipinski definition) is 4. The molecule has 0 amide bonds. The molecule has 1 aromatic heterocycles. The van der Waals surface area contributed by atoms with Gasteiger partial charge in [-0.05, 0) is 47.2 Å². The van der Waals surface area contributed by atoms with Gasteiger partial charge in [0.05, 0.1) is 10.7 Å². The number of nitrogen functional groups attached to an aromatic ring is 1. The van der Waals surface area contributed by atoms with Gasteiger partial charge >= 0.3 is 0 Å². The molecule has 0 aliphatic rings. The molecule has 5 nitrogen and oxygen atoms in total. The number of halogens is 2. The third-order valence-corrected chi connectivity index (χ3v) is 3.98. The molecule has 0 spiro atoms. The second kappa shape index (κ2) is 5.46. The SMILES string of the molecule is Cc1cccc(-c2nnnn2-c2cc(Br)ccc2Cl)c1N. The number of benzene rings is 2. The Morgan fingerprint density at radius 3 is 2.86 bits per heavy atom. The Balaban J connectivity index is 2.22. The van der Waals surface area contributed by atoms with Crippen LogP contribution < -0.4 is 5.73 Å². The first-order chi connectivity index (χ1) is 10.1. The number of aryl methyl sites for hydroxylation is 1. The Kier molecular flexibility index (Phi) is 3.65. The summed E-state index contributed by atoms with van der Waals surface area (Å²) in [5.41, 5.74) is 9.23. The molecular weight excluding hydrogens is 354 g/mol. The number of nitrogens with zero attached hydrogens (tertiary/aromatic N) is 4. The summed E-state index contributed by atoms with van der Waals surface area (Å²) in [6, 6.07) is 11.2. The molecule has 106 valence electrons. The lowest BCUT2D eigenvalue weighted by Gasteiger charge is -2.10. The largest absolute Gasteiger partial charge is 0.398 e. The van der Waals surface area contributed by atoms with Crippen LogP contribution in [0, 0.1) is 6.92 Å². The zero-order valence-electron chi connectivity index (χ0n) is 11.1. The van der Waals surface area contributed by atoms with Crippen molar-refractivity contribution < 1.29 is 0 Å². The van der Waals surface area contributed by atoms with E-state index in [1.807, 2.05) is 37.3 Å². The predicted molar refractivity (Wildman–Crippen MR) is 86.4 cm³/mol. The average Bonchev–Trinajstić information content (AvgIpc) is 2.93. The third-order valence-electron chi connectivity index (χ3n) is 3.17. The highest BCUT2D eigenvalue weighted by Gasteiger charge is 2.16. The van der Waals surface area contributed by atoms with E-state index in [1.165, 1.54) is 0 Å². The Morgan fingerprint density at radius 2 is 2.05 bits per heavy atom. The fraction of sp³-hybridized carbons (Fsp3) is 0.0714. The highest BCUT2D eigenvalue weighted by molar-refractivity contribution is 9.10. The molecule has 0 radical (unpaired) electrons. The second-order valence-corrected chi connectivity index (χ2v) is 5.87. The lowest BCUT2D eigenvalue weighted by molar-refractivity contribution is 0.791. The van der Waals surface area contributed by atoms with Gasteiger partial charge in [0.2, 0.25) is 0 Å². The van der Waals surface area contributed by atoms with Crippen molar-refractivity contribution in [2.75, 3.05) is 5.73 Å². The monoisotopic (exact) mass is 363 g/mol. The van der Waals surface area contributed by atoms with E-state index < -0.39 is 0 Å². The minimum atomic E-state index is 0.552. The van der Waals surface area contributed by atoms with E-state index in [4.69, 9.17) is 17.3 Å². The summed E-state index contributed by atoms with van der Waals surface area (Å²) in [6.45, 7) is 1.94. The quantitative estimate of drug-likeness (QED) is 0.705. The topological polar surface area (TPSA) is 69.6 Å². The Labute approximate surface area is 134 Å². The van der Waals surface area contributed by atoms with Gasteiger partial charge in [0, 0.05) is 15.7 Å². The summed E-state index contributed by atoms with van der Waals surface area (Å²) >= 11 is 9.67. The summed E-state index contributed by atoms with van der Waals surface area (Å²) in [7, 11) is 0. The van der Waals surface area contributed by atoms with Crippen LogP contribution in [0.25, 0.3) is 17.1 Å². The second-order valence-electron chi connectivity index (χ2n) is 4.55. The average molecular weight is 365 g/mol. The van der Waals surface area contributed by atoms with Crippen LogP contribution in [0.2, 0.25) is 5.02 Å². The predicted octanol–water partition coefficient (Wildman–Crippen LogP) is 3.64. The number of hydrogen-bond donors (Lipinski definition) is 1. The van der Waals surface area contributed by atoms with Crippen molar-refractivity contribution in [1.82, 2.24) is 20.2 Å². The maximum absolute atomic E-state index is 6.25. The van der Waals surface area contributed by atoms with Crippen LogP contribution in [0.5, 0.6) is 0 Å². The molecule has 7 heteroatoms. The maximum atomic E-state index is 6.25. The van der Waals surface area contributed by atoms with Crippen molar-refractivity contribution in [3.8, 4) is 17.1 Å². The number of rotatable bonds is 2. The normalized spacial score (nSPS) is 10.8. The molecule has 0 atom stereocenters. The summed E-state index contributed by atoms with van der Waals surface area (Å²) in [6.07, 6.45) is 0. The maximum Gasteiger partial charge on any atom is 0.189 e. The third kappa shape index (κ3) is 2.52. The van der Waals surface area contributed by atoms with Crippen molar-refractivity contribution in [2.45, 2.75) is 6.92 Å². The molecule has 2 aromatic carbocycles. The first-order valence-corrected chi connectivity index (χ1v) is 7.34. The molecule has 0 aliphatic carbocycles. The fourth-order valence-corrected chi connectivity index (χ4v) is 2.59. The highest BCUT2D eigenvalue weighted by Crippen LogP contribution is 2.30. The van der Waals surface area contributed by atoms with E-state index >= 15 is 0 Å². The molecule has 1 heterocycles. The zero-order chi connectivity index (χ0) is 15.0. The Morgan fingerprint density at radius 1 is 1.24 bits per heavy atom. The van der Waals surface area contributed by atoms with Crippen molar-refractivity contribution in [2.24, 2.45) is 0 Å². The van der Waals surface area contributed by atoms with Crippen LogP contribution in [0.1, 0.15) is 5.56 Å². The minimum absolute atomic E-state index is 0.552.